The fraction of sp³-hybridized carbons (Fsp3) is 0.231. The first-order valence-corrected chi connectivity index (χ1v) is 6.27. The van der Waals surface area contributed by atoms with Crippen molar-refractivity contribution in [2.75, 3.05) is 17.7 Å². The Morgan fingerprint density at radius 2 is 2.00 bits per heavy atom. The molecule has 6 heteroatoms. The van der Waals surface area contributed by atoms with Gasteiger partial charge in [0, 0.05) is 12.6 Å². The van der Waals surface area contributed by atoms with Crippen molar-refractivity contribution in [2.45, 2.75) is 13.3 Å². The van der Waals surface area contributed by atoms with Gasteiger partial charge in [0.05, 0.1) is 10.7 Å². The summed E-state index contributed by atoms with van der Waals surface area (Å²) in [5, 5.41) is 6.23. The van der Waals surface area contributed by atoms with Gasteiger partial charge in [-0.3, -0.25) is 0 Å². The van der Waals surface area contributed by atoms with Crippen molar-refractivity contribution in [1.29, 1.82) is 0 Å². The Morgan fingerprint density at radius 1 is 1.26 bits per heavy atom. The maximum Gasteiger partial charge on any atom is 0.148 e. The maximum absolute atomic E-state index is 13.7. The molecule has 2 N–H and O–H groups in total. The largest absolute Gasteiger partial charge is 0.373 e. The van der Waals surface area contributed by atoms with Crippen molar-refractivity contribution in [3.05, 3.63) is 40.9 Å². The number of aromatic nitrogens is 2. The number of hydrogen-bond acceptors (Lipinski definition) is 4. The van der Waals surface area contributed by atoms with Crippen molar-refractivity contribution in [3.8, 4) is 0 Å². The van der Waals surface area contributed by atoms with Gasteiger partial charge < -0.3 is 10.6 Å². The first-order chi connectivity index (χ1) is 9.17. The summed E-state index contributed by atoms with van der Waals surface area (Å²) in [7, 11) is 1.78. The third kappa shape index (κ3) is 2.76. The minimum Gasteiger partial charge on any atom is -0.373 e. The lowest BCUT2D eigenvalue weighted by molar-refractivity contribution is 0.632. The van der Waals surface area contributed by atoms with E-state index in [-0.39, 0.29) is 5.69 Å². The molecule has 0 radical (unpaired) electrons. The normalized spacial score (nSPS) is 10.3. The van der Waals surface area contributed by atoms with E-state index >= 15 is 0 Å². The Kier molecular flexibility index (Phi) is 4.16. The van der Waals surface area contributed by atoms with Crippen LogP contribution in [0.5, 0.6) is 0 Å². The minimum atomic E-state index is -0.417. The number of anilines is 3. The number of nitrogens with zero attached hydrogens (tertiary/aromatic N) is 2. The van der Waals surface area contributed by atoms with Gasteiger partial charge in [0.15, 0.2) is 0 Å². The summed E-state index contributed by atoms with van der Waals surface area (Å²) in [6.07, 6.45) is 2.13. The highest BCUT2D eigenvalue weighted by molar-refractivity contribution is 6.33. The van der Waals surface area contributed by atoms with Crippen LogP contribution in [0.4, 0.5) is 21.7 Å². The van der Waals surface area contributed by atoms with Crippen LogP contribution in [0.1, 0.15) is 12.5 Å². The Balaban J connectivity index is 2.44. The van der Waals surface area contributed by atoms with Crippen LogP contribution in [0.2, 0.25) is 5.02 Å². The molecule has 0 bridgehead atoms. The Bertz CT molecular complexity index is 569. The zero-order valence-corrected chi connectivity index (χ0v) is 11.4. The fourth-order valence-corrected chi connectivity index (χ4v) is 2.02. The summed E-state index contributed by atoms with van der Waals surface area (Å²) in [4.78, 5) is 8.27. The van der Waals surface area contributed by atoms with E-state index in [1.54, 1.807) is 19.2 Å². The van der Waals surface area contributed by atoms with E-state index in [0.717, 1.165) is 5.56 Å². The molecule has 0 spiro atoms. The van der Waals surface area contributed by atoms with Crippen LogP contribution < -0.4 is 10.6 Å². The molecular weight excluding hydrogens is 267 g/mol. The fourth-order valence-electron chi connectivity index (χ4n) is 1.81. The molecule has 0 amide bonds. The summed E-state index contributed by atoms with van der Waals surface area (Å²) >= 11 is 5.99. The molecule has 0 aliphatic carbocycles. The second-order valence-corrected chi connectivity index (χ2v) is 4.28. The lowest BCUT2D eigenvalue weighted by atomic mass is 10.2. The number of para-hydroxylation sites is 1. The van der Waals surface area contributed by atoms with Crippen LogP contribution in [0, 0.1) is 5.82 Å². The summed E-state index contributed by atoms with van der Waals surface area (Å²) in [5.74, 6) is 0.848. The molecule has 0 saturated heterocycles. The third-order valence-corrected chi connectivity index (χ3v) is 3.06. The molecule has 19 heavy (non-hydrogen) atoms. The van der Waals surface area contributed by atoms with Gasteiger partial charge in [-0.2, -0.15) is 0 Å². The molecule has 1 heterocycles. The van der Waals surface area contributed by atoms with Crippen LogP contribution in [0.25, 0.3) is 0 Å². The van der Waals surface area contributed by atoms with Gasteiger partial charge in [0.2, 0.25) is 0 Å². The van der Waals surface area contributed by atoms with Crippen LogP contribution in [0.15, 0.2) is 24.5 Å². The van der Waals surface area contributed by atoms with E-state index in [0.29, 0.717) is 23.1 Å². The number of rotatable bonds is 4. The average Bonchev–Trinajstić information content (AvgIpc) is 2.42. The van der Waals surface area contributed by atoms with E-state index in [2.05, 4.69) is 20.6 Å². The molecule has 1 aromatic heterocycles. The molecule has 100 valence electrons. The van der Waals surface area contributed by atoms with Crippen molar-refractivity contribution in [3.63, 3.8) is 0 Å². The standard InChI is InChI=1S/C13H14ClFN4/c1-3-8-12(16-2)17-7-18-13(8)19-11-9(14)5-4-6-10(11)15/h4-7H,3H2,1-2H3,(H2,16,17,18,19). The van der Waals surface area contributed by atoms with Crippen molar-refractivity contribution >= 4 is 28.9 Å². The summed E-state index contributed by atoms with van der Waals surface area (Å²) in [5.41, 5.74) is 1.10. The van der Waals surface area contributed by atoms with Crippen LogP contribution >= 0.6 is 11.6 Å². The van der Waals surface area contributed by atoms with Crippen molar-refractivity contribution in [2.24, 2.45) is 0 Å². The highest BCUT2D eigenvalue weighted by atomic mass is 35.5. The zero-order chi connectivity index (χ0) is 13.8. The predicted molar refractivity (Wildman–Crippen MR) is 75.6 cm³/mol. The van der Waals surface area contributed by atoms with Gasteiger partial charge in [-0.25, -0.2) is 14.4 Å². The molecule has 0 atom stereocenters. The van der Waals surface area contributed by atoms with Gasteiger partial charge in [-0.1, -0.05) is 24.6 Å². The highest BCUT2D eigenvalue weighted by Gasteiger charge is 2.12. The second-order valence-electron chi connectivity index (χ2n) is 3.87. The van der Waals surface area contributed by atoms with Gasteiger partial charge in [0.1, 0.15) is 23.8 Å². The number of hydrogen-bond donors (Lipinski definition) is 2. The van der Waals surface area contributed by atoms with Gasteiger partial charge in [-0.15, -0.1) is 0 Å². The topological polar surface area (TPSA) is 49.8 Å². The quantitative estimate of drug-likeness (QED) is 0.898. The predicted octanol–water partition coefficient (Wildman–Crippen LogP) is 3.62. The molecule has 2 aromatic rings. The van der Waals surface area contributed by atoms with Gasteiger partial charge in [-0.05, 0) is 18.6 Å². The lowest BCUT2D eigenvalue weighted by Gasteiger charge is -2.14. The average molecular weight is 281 g/mol. The second kappa shape index (κ2) is 5.84. The molecule has 1 aromatic carbocycles. The monoisotopic (exact) mass is 280 g/mol. The van der Waals surface area contributed by atoms with E-state index in [9.17, 15) is 4.39 Å². The molecule has 0 aliphatic rings. The van der Waals surface area contributed by atoms with Gasteiger partial charge >= 0.3 is 0 Å². The molecule has 0 saturated carbocycles. The third-order valence-electron chi connectivity index (χ3n) is 2.74. The molecular formula is C13H14ClFN4. The lowest BCUT2D eigenvalue weighted by Crippen LogP contribution is -2.05. The number of benzene rings is 1. The minimum absolute atomic E-state index is 0.222. The summed E-state index contributed by atoms with van der Waals surface area (Å²) in [6.45, 7) is 1.98. The SMILES string of the molecule is CCc1c(NC)ncnc1Nc1c(F)cccc1Cl. The summed E-state index contributed by atoms with van der Waals surface area (Å²) < 4.78 is 13.7. The number of halogens is 2. The van der Waals surface area contributed by atoms with E-state index in [4.69, 9.17) is 11.6 Å². The van der Waals surface area contributed by atoms with Crippen LogP contribution in [0.3, 0.4) is 0 Å². The van der Waals surface area contributed by atoms with Crippen LogP contribution in [-0.4, -0.2) is 17.0 Å². The highest BCUT2D eigenvalue weighted by Crippen LogP contribution is 2.30. The molecule has 4 nitrogen and oxygen atoms in total. The van der Waals surface area contributed by atoms with E-state index in [1.165, 1.54) is 12.4 Å². The Labute approximate surface area is 116 Å². The Morgan fingerprint density at radius 3 is 2.63 bits per heavy atom. The van der Waals surface area contributed by atoms with Gasteiger partial charge in [0.25, 0.3) is 0 Å². The smallest absolute Gasteiger partial charge is 0.148 e. The maximum atomic E-state index is 13.7. The molecule has 2 rings (SSSR count). The Hall–Kier alpha value is -1.88. The van der Waals surface area contributed by atoms with E-state index in [1.807, 2.05) is 6.92 Å². The van der Waals surface area contributed by atoms with E-state index < -0.39 is 5.82 Å². The first kappa shape index (κ1) is 13.5. The molecule has 0 aliphatic heterocycles. The number of nitrogens with one attached hydrogen (secondary N) is 2. The zero-order valence-electron chi connectivity index (χ0n) is 10.7. The van der Waals surface area contributed by atoms with Crippen molar-refractivity contribution in [1.82, 2.24) is 9.97 Å². The van der Waals surface area contributed by atoms with Crippen molar-refractivity contribution < 1.29 is 4.39 Å². The molecule has 0 fully saturated rings. The van der Waals surface area contributed by atoms with Crippen LogP contribution in [-0.2, 0) is 6.42 Å². The molecule has 0 unspecified atom stereocenters. The first-order valence-electron chi connectivity index (χ1n) is 5.90. The summed E-state index contributed by atoms with van der Waals surface area (Å²) in [6, 6.07) is 4.53.